The number of aromatic carboxylic acids is 1. The number of ether oxygens (including phenoxy) is 1. The Kier molecular flexibility index (Phi) is 3.54. The van der Waals surface area contributed by atoms with Crippen LogP contribution in [0.3, 0.4) is 0 Å². The van der Waals surface area contributed by atoms with Gasteiger partial charge in [-0.2, -0.15) is 0 Å². The summed E-state index contributed by atoms with van der Waals surface area (Å²) < 4.78 is 5.43. The third kappa shape index (κ3) is 2.45. The van der Waals surface area contributed by atoms with Crippen LogP contribution in [0.25, 0.3) is 0 Å². The average Bonchev–Trinajstić information content (AvgIpc) is 2.35. The van der Waals surface area contributed by atoms with Gasteiger partial charge < -0.3 is 15.2 Å². The standard InChI is InChI=1S/C15H21NO3/c1-9-7-10(14(17)18)5-6-11(9)16-12-8-13(19-4)15(12,2)3/h5-7,12-13,16H,8H2,1-4H3,(H,17,18). The van der Waals surface area contributed by atoms with Crippen molar-refractivity contribution in [3.63, 3.8) is 0 Å². The molecule has 1 aromatic rings. The van der Waals surface area contributed by atoms with Crippen LogP contribution in [0.2, 0.25) is 0 Å². The number of carboxylic acids is 1. The molecule has 2 atom stereocenters. The van der Waals surface area contributed by atoms with Gasteiger partial charge >= 0.3 is 5.97 Å². The van der Waals surface area contributed by atoms with Crippen LogP contribution in [0.5, 0.6) is 0 Å². The number of aryl methyl sites for hydroxylation is 1. The van der Waals surface area contributed by atoms with Crippen molar-refractivity contribution in [2.75, 3.05) is 12.4 Å². The van der Waals surface area contributed by atoms with Gasteiger partial charge in [-0.25, -0.2) is 4.79 Å². The predicted molar refractivity (Wildman–Crippen MR) is 74.7 cm³/mol. The van der Waals surface area contributed by atoms with Crippen LogP contribution in [-0.4, -0.2) is 30.3 Å². The van der Waals surface area contributed by atoms with E-state index >= 15 is 0 Å². The second-order valence-corrected chi connectivity index (χ2v) is 5.81. The zero-order valence-corrected chi connectivity index (χ0v) is 11.9. The van der Waals surface area contributed by atoms with Gasteiger partial charge in [0.25, 0.3) is 0 Å². The van der Waals surface area contributed by atoms with E-state index in [1.807, 2.05) is 13.0 Å². The molecule has 0 bridgehead atoms. The fourth-order valence-electron chi connectivity index (χ4n) is 2.68. The quantitative estimate of drug-likeness (QED) is 0.877. The van der Waals surface area contributed by atoms with Crippen LogP contribution in [0.15, 0.2) is 18.2 Å². The number of hydrogen-bond acceptors (Lipinski definition) is 3. The van der Waals surface area contributed by atoms with Crippen molar-refractivity contribution in [3.8, 4) is 0 Å². The summed E-state index contributed by atoms with van der Waals surface area (Å²) in [6.07, 6.45) is 1.26. The van der Waals surface area contributed by atoms with E-state index in [0.29, 0.717) is 11.6 Å². The summed E-state index contributed by atoms with van der Waals surface area (Å²) in [6, 6.07) is 5.53. The lowest BCUT2D eigenvalue weighted by molar-refractivity contribution is -0.0794. The van der Waals surface area contributed by atoms with Gasteiger partial charge in [0.2, 0.25) is 0 Å². The van der Waals surface area contributed by atoms with Gasteiger partial charge in [0, 0.05) is 24.3 Å². The molecule has 0 aromatic heterocycles. The summed E-state index contributed by atoms with van der Waals surface area (Å²) in [6.45, 7) is 6.29. The lowest BCUT2D eigenvalue weighted by Crippen LogP contribution is -2.57. The van der Waals surface area contributed by atoms with Crippen LogP contribution in [0.4, 0.5) is 5.69 Å². The first-order valence-corrected chi connectivity index (χ1v) is 6.49. The van der Waals surface area contributed by atoms with E-state index in [1.54, 1.807) is 19.2 Å². The van der Waals surface area contributed by atoms with Crippen LogP contribution in [0, 0.1) is 12.3 Å². The zero-order chi connectivity index (χ0) is 14.2. The Morgan fingerprint density at radius 2 is 2.16 bits per heavy atom. The Morgan fingerprint density at radius 3 is 2.63 bits per heavy atom. The molecule has 104 valence electrons. The van der Waals surface area contributed by atoms with Crippen molar-refractivity contribution in [2.24, 2.45) is 5.41 Å². The van der Waals surface area contributed by atoms with E-state index in [-0.39, 0.29) is 11.5 Å². The summed E-state index contributed by atoms with van der Waals surface area (Å²) in [7, 11) is 1.75. The maximum absolute atomic E-state index is 10.9. The molecule has 1 aliphatic carbocycles. The number of carboxylic acid groups (broad SMARTS) is 1. The molecule has 2 N–H and O–H groups in total. The Hall–Kier alpha value is -1.55. The minimum atomic E-state index is -0.891. The van der Waals surface area contributed by atoms with E-state index in [0.717, 1.165) is 17.7 Å². The topological polar surface area (TPSA) is 58.6 Å². The first-order chi connectivity index (χ1) is 8.86. The largest absolute Gasteiger partial charge is 0.478 e. The first-order valence-electron chi connectivity index (χ1n) is 6.49. The van der Waals surface area contributed by atoms with Crippen molar-refractivity contribution in [2.45, 2.75) is 39.3 Å². The molecule has 1 aliphatic rings. The minimum absolute atomic E-state index is 0.0899. The summed E-state index contributed by atoms with van der Waals surface area (Å²) in [5, 5.41) is 12.4. The van der Waals surface area contributed by atoms with E-state index in [9.17, 15) is 4.79 Å². The van der Waals surface area contributed by atoms with Crippen molar-refractivity contribution < 1.29 is 14.6 Å². The smallest absolute Gasteiger partial charge is 0.335 e. The predicted octanol–water partition coefficient (Wildman–Crippen LogP) is 2.92. The first kappa shape index (κ1) is 13.9. The van der Waals surface area contributed by atoms with Crippen molar-refractivity contribution >= 4 is 11.7 Å². The number of hydrogen-bond donors (Lipinski definition) is 2. The molecule has 0 aliphatic heterocycles. The minimum Gasteiger partial charge on any atom is -0.478 e. The van der Waals surface area contributed by atoms with Crippen LogP contribution >= 0.6 is 0 Å². The number of methoxy groups -OCH3 is 1. The molecule has 2 rings (SSSR count). The van der Waals surface area contributed by atoms with Gasteiger partial charge in [-0.1, -0.05) is 13.8 Å². The lowest BCUT2D eigenvalue weighted by atomic mass is 9.64. The summed E-state index contributed by atoms with van der Waals surface area (Å²) >= 11 is 0. The van der Waals surface area contributed by atoms with E-state index in [1.165, 1.54) is 0 Å². The van der Waals surface area contributed by atoms with Gasteiger partial charge in [0.1, 0.15) is 0 Å². The molecule has 0 heterocycles. The second-order valence-electron chi connectivity index (χ2n) is 5.81. The van der Waals surface area contributed by atoms with Gasteiger partial charge in [0.15, 0.2) is 0 Å². The van der Waals surface area contributed by atoms with E-state index in [2.05, 4.69) is 19.2 Å². The molecule has 1 saturated carbocycles. The molecule has 2 unspecified atom stereocenters. The van der Waals surface area contributed by atoms with Crippen molar-refractivity contribution in [3.05, 3.63) is 29.3 Å². The average molecular weight is 263 g/mol. The van der Waals surface area contributed by atoms with Gasteiger partial charge in [-0.15, -0.1) is 0 Å². The summed E-state index contributed by atoms with van der Waals surface area (Å²) in [5.41, 5.74) is 2.37. The highest BCUT2D eigenvalue weighted by Crippen LogP contribution is 2.44. The maximum atomic E-state index is 10.9. The zero-order valence-electron chi connectivity index (χ0n) is 11.9. The second kappa shape index (κ2) is 4.85. The van der Waals surface area contributed by atoms with Crippen LogP contribution in [-0.2, 0) is 4.74 Å². The Labute approximate surface area is 113 Å². The van der Waals surface area contributed by atoms with Crippen LogP contribution in [0.1, 0.15) is 36.2 Å². The monoisotopic (exact) mass is 263 g/mol. The van der Waals surface area contributed by atoms with Crippen LogP contribution < -0.4 is 5.32 Å². The van der Waals surface area contributed by atoms with E-state index < -0.39 is 5.97 Å². The highest BCUT2D eigenvalue weighted by atomic mass is 16.5. The Balaban J connectivity index is 2.11. The molecule has 0 spiro atoms. The maximum Gasteiger partial charge on any atom is 0.335 e. The summed E-state index contributed by atoms with van der Waals surface area (Å²) in [5.74, 6) is -0.891. The SMILES string of the molecule is COC1CC(Nc2ccc(C(=O)O)cc2C)C1(C)C. The third-order valence-corrected chi connectivity index (χ3v) is 4.27. The number of anilines is 1. The van der Waals surface area contributed by atoms with Crippen molar-refractivity contribution in [1.29, 1.82) is 0 Å². The fourth-order valence-corrected chi connectivity index (χ4v) is 2.68. The summed E-state index contributed by atoms with van der Waals surface area (Å²) in [4.78, 5) is 10.9. The molecule has 0 saturated heterocycles. The highest BCUT2D eigenvalue weighted by molar-refractivity contribution is 5.88. The Morgan fingerprint density at radius 1 is 1.47 bits per heavy atom. The molecule has 1 aromatic carbocycles. The number of rotatable bonds is 4. The van der Waals surface area contributed by atoms with Gasteiger partial charge in [0.05, 0.1) is 11.7 Å². The molecule has 4 heteroatoms. The molecule has 0 amide bonds. The van der Waals surface area contributed by atoms with Gasteiger partial charge in [-0.05, 0) is 37.1 Å². The Bertz CT molecular complexity index is 496. The normalized spacial score (nSPS) is 24.6. The van der Waals surface area contributed by atoms with E-state index in [4.69, 9.17) is 9.84 Å². The molecule has 4 nitrogen and oxygen atoms in total. The molecular weight excluding hydrogens is 242 g/mol. The molecule has 19 heavy (non-hydrogen) atoms. The number of carbonyl (C=O) groups is 1. The molecule has 1 fully saturated rings. The lowest BCUT2D eigenvalue weighted by Gasteiger charge is -2.51. The molecular formula is C15H21NO3. The van der Waals surface area contributed by atoms with Gasteiger partial charge in [-0.3, -0.25) is 0 Å². The molecule has 0 radical (unpaired) electrons. The third-order valence-electron chi connectivity index (χ3n) is 4.27. The fraction of sp³-hybridized carbons (Fsp3) is 0.533. The van der Waals surface area contributed by atoms with Crippen molar-refractivity contribution in [1.82, 2.24) is 0 Å². The highest BCUT2D eigenvalue weighted by Gasteiger charge is 2.48. The number of benzene rings is 1. The number of nitrogens with one attached hydrogen (secondary N) is 1.